The van der Waals surface area contributed by atoms with Gasteiger partial charge in [-0.25, -0.2) is 0 Å². The maximum absolute atomic E-state index is 13.0. The molecular formula is C74H130O6. The number of carbonyl (C=O) groups is 3. The third kappa shape index (κ3) is 65.4. The van der Waals surface area contributed by atoms with Crippen molar-refractivity contribution in [3.63, 3.8) is 0 Å². The molecule has 0 amide bonds. The minimum Gasteiger partial charge on any atom is -0.462 e. The van der Waals surface area contributed by atoms with Crippen LogP contribution in [0.15, 0.2) is 85.1 Å². The average Bonchev–Trinajstić information content (AvgIpc) is 3.46. The van der Waals surface area contributed by atoms with E-state index in [-0.39, 0.29) is 31.1 Å². The van der Waals surface area contributed by atoms with Crippen LogP contribution in [0.1, 0.15) is 348 Å². The maximum Gasteiger partial charge on any atom is 0.306 e. The lowest BCUT2D eigenvalue weighted by Gasteiger charge is -2.18. The quantitative estimate of drug-likeness (QED) is 0.0261. The van der Waals surface area contributed by atoms with E-state index < -0.39 is 6.10 Å². The van der Waals surface area contributed by atoms with Gasteiger partial charge < -0.3 is 14.2 Å². The molecule has 0 radical (unpaired) electrons. The molecule has 0 aromatic carbocycles. The molecular weight excluding hydrogens is 985 g/mol. The van der Waals surface area contributed by atoms with E-state index in [9.17, 15) is 14.4 Å². The summed E-state index contributed by atoms with van der Waals surface area (Å²) in [7, 11) is 0. The van der Waals surface area contributed by atoms with Crippen molar-refractivity contribution in [2.75, 3.05) is 13.2 Å². The van der Waals surface area contributed by atoms with Crippen LogP contribution < -0.4 is 0 Å². The lowest BCUT2D eigenvalue weighted by atomic mass is 10.0. The molecule has 0 aromatic rings. The maximum atomic E-state index is 13.0. The highest BCUT2D eigenvalue weighted by Gasteiger charge is 2.19. The summed E-state index contributed by atoms with van der Waals surface area (Å²) in [5, 5.41) is 0. The third-order valence-corrected chi connectivity index (χ3v) is 15.1. The number of unbranched alkanes of at least 4 members (excludes halogenated alkanes) is 38. The Bertz CT molecular complexity index is 1520. The Morgan fingerprint density at radius 3 is 0.787 bits per heavy atom. The minimum absolute atomic E-state index is 0.0792. The van der Waals surface area contributed by atoms with Gasteiger partial charge in [-0.15, -0.1) is 0 Å². The van der Waals surface area contributed by atoms with E-state index in [1.807, 2.05) is 0 Å². The van der Waals surface area contributed by atoms with E-state index in [4.69, 9.17) is 14.2 Å². The zero-order chi connectivity index (χ0) is 57.8. The Labute approximate surface area is 496 Å². The summed E-state index contributed by atoms with van der Waals surface area (Å²) in [6.45, 7) is 6.54. The summed E-state index contributed by atoms with van der Waals surface area (Å²) in [6, 6.07) is 0. The van der Waals surface area contributed by atoms with Gasteiger partial charge in [-0.3, -0.25) is 14.4 Å². The van der Waals surface area contributed by atoms with Gasteiger partial charge in [0.25, 0.3) is 0 Å². The molecule has 0 fully saturated rings. The topological polar surface area (TPSA) is 78.9 Å². The molecule has 1 unspecified atom stereocenters. The molecule has 0 aliphatic rings. The molecule has 0 saturated heterocycles. The summed E-state index contributed by atoms with van der Waals surface area (Å²) in [6.07, 6.45) is 90.2. The minimum atomic E-state index is -0.784. The van der Waals surface area contributed by atoms with Crippen molar-refractivity contribution in [3.05, 3.63) is 85.1 Å². The molecule has 0 bridgehead atoms. The van der Waals surface area contributed by atoms with Crippen molar-refractivity contribution in [2.45, 2.75) is 354 Å². The highest BCUT2D eigenvalue weighted by atomic mass is 16.6. The van der Waals surface area contributed by atoms with Gasteiger partial charge in [0.15, 0.2) is 6.10 Å². The molecule has 6 heteroatoms. The molecule has 0 rings (SSSR count). The lowest BCUT2D eigenvalue weighted by molar-refractivity contribution is -0.167. The van der Waals surface area contributed by atoms with E-state index in [1.165, 1.54) is 205 Å². The smallest absolute Gasteiger partial charge is 0.306 e. The highest BCUT2D eigenvalue weighted by molar-refractivity contribution is 5.71. The SMILES string of the molecule is CC/C=C\C/C=C\C/C=C\C/C=C\C/C=C\CCCCCCCCCC(=O)OCC(COC(=O)CCCCCCCCCCC/C=C\C/C=C\CCCCC)OC(=O)CCCCCCCCCCCCCCCCCCCCCC. The second kappa shape index (κ2) is 68.1. The summed E-state index contributed by atoms with van der Waals surface area (Å²) < 4.78 is 17.0. The predicted octanol–water partition coefficient (Wildman–Crippen LogP) is 23.8. The Morgan fingerprint density at radius 1 is 0.263 bits per heavy atom. The van der Waals surface area contributed by atoms with Gasteiger partial charge in [0.2, 0.25) is 0 Å². The number of hydrogen-bond acceptors (Lipinski definition) is 6. The highest BCUT2D eigenvalue weighted by Crippen LogP contribution is 2.17. The Kier molecular flexibility index (Phi) is 65.2. The van der Waals surface area contributed by atoms with E-state index in [1.54, 1.807) is 0 Å². The van der Waals surface area contributed by atoms with Crippen LogP contribution in [0.5, 0.6) is 0 Å². The van der Waals surface area contributed by atoms with Crippen molar-refractivity contribution >= 4 is 17.9 Å². The molecule has 0 spiro atoms. The van der Waals surface area contributed by atoms with Crippen LogP contribution in [-0.2, 0) is 28.6 Å². The Balaban J connectivity index is 4.38. The lowest BCUT2D eigenvalue weighted by Crippen LogP contribution is -2.30. The van der Waals surface area contributed by atoms with Gasteiger partial charge in [0.1, 0.15) is 13.2 Å². The van der Waals surface area contributed by atoms with Gasteiger partial charge in [-0.2, -0.15) is 0 Å². The standard InChI is InChI=1S/C74H130O6/c1-4-7-10-13-16-19-22-25-28-31-34-36-37-38-41-43-46-49-52-55-58-61-64-67-73(76)79-70-71(69-78-72(75)66-63-60-57-54-51-48-45-42-39-33-30-27-24-21-18-15-12-9-6-3)80-74(77)68-65-62-59-56-53-50-47-44-40-35-32-29-26-23-20-17-14-11-8-5-2/h7,10,16,18-19,21,25,27-28,30,34,36,38,41,71H,4-6,8-9,11-15,17,20,22-24,26,29,31-33,35,37,39-40,42-70H2,1-3H3/b10-7-,19-16-,21-18-,28-25-,30-27-,36-34-,41-38-. The van der Waals surface area contributed by atoms with Gasteiger partial charge in [-0.05, 0) is 96.3 Å². The molecule has 1 atom stereocenters. The monoisotopic (exact) mass is 1110 g/mol. The van der Waals surface area contributed by atoms with Crippen LogP contribution in [0.2, 0.25) is 0 Å². The second-order valence-electron chi connectivity index (χ2n) is 23.1. The first-order valence-corrected chi connectivity index (χ1v) is 34.6. The second-order valence-corrected chi connectivity index (χ2v) is 23.1. The summed E-state index contributed by atoms with van der Waals surface area (Å²) in [4.78, 5) is 38.5. The number of hydrogen-bond donors (Lipinski definition) is 0. The van der Waals surface area contributed by atoms with E-state index >= 15 is 0 Å². The van der Waals surface area contributed by atoms with Gasteiger partial charge in [0, 0.05) is 19.3 Å². The largest absolute Gasteiger partial charge is 0.462 e. The third-order valence-electron chi connectivity index (χ3n) is 15.1. The fourth-order valence-electron chi connectivity index (χ4n) is 9.97. The first kappa shape index (κ1) is 76.6. The Morgan fingerprint density at radius 2 is 0.487 bits per heavy atom. The van der Waals surface area contributed by atoms with E-state index in [0.29, 0.717) is 19.3 Å². The van der Waals surface area contributed by atoms with Crippen LogP contribution in [0.25, 0.3) is 0 Å². The number of esters is 3. The van der Waals surface area contributed by atoms with Crippen LogP contribution in [0, 0.1) is 0 Å². The molecule has 0 heterocycles. The molecule has 462 valence electrons. The van der Waals surface area contributed by atoms with Crippen molar-refractivity contribution < 1.29 is 28.6 Å². The van der Waals surface area contributed by atoms with Crippen LogP contribution >= 0.6 is 0 Å². The zero-order valence-corrected chi connectivity index (χ0v) is 53.1. The van der Waals surface area contributed by atoms with Crippen molar-refractivity contribution in [1.82, 2.24) is 0 Å². The summed E-state index contributed by atoms with van der Waals surface area (Å²) in [5.41, 5.74) is 0. The van der Waals surface area contributed by atoms with Crippen LogP contribution in [0.4, 0.5) is 0 Å². The van der Waals surface area contributed by atoms with Crippen molar-refractivity contribution in [2.24, 2.45) is 0 Å². The van der Waals surface area contributed by atoms with Gasteiger partial charge in [-0.1, -0.05) is 318 Å². The summed E-state index contributed by atoms with van der Waals surface area (Å²) in [5.74, 6) is -0.874. The first-order valence-electron chi connectivity index (χ1n) is 34.6. The molecule has 0 aromatic heterocycles. The van der Waals surface area contributed by atoms with E-state index in [0.717, 1.165) is 103 Å². The number of carbonyl (C=O) groups excluding carboxylic acids is 3. The van der Waals surface area contributed by atoms with Crippen molar-refractivity contribution in [3.8, 4) is 0 Å². The number of ether oxygens (including phenoxy) is 3. The first-order chi connectivity index (χ1) is 39.5. The predicted molar refractivity (Wildman–Crippen MR) is 348 cm³/mol. The van der Waals surface area contributed by atoms with Crippen LogP contribution in [0.3, 0.4) is 0 Å². The average molecular weight is 1120 g/mol. The zero-order valence-electron chi connectivity index (χ0n) is 53.1. The fourth-order valence-corrected chi connectivity index (χ4v) is 9.97. The molecule has 6 nitrogen and oxygen atoms in total. The molecule has 80 heavy (non-hydrogen) atoms. The molecule has 0 saturated carbocycles. The van der Waals surface area contributed by atoms with Gasteiger partial charge >= 0.3 is 17.9 Å². The Hall–Kier alpha value is -3.41. The molecule has 0 aliphatic heterocycles. The summed E-state index contributed by atoms with van der Waals surface area (Å²) >= 11 is 0. The molecule has 0 aliphatic carbocycles. The fraction of sp³-hybridized carbons (Fsp3) is 0.770. The molecule has 0 N–H and O–H groups in total. The van der Waals surface area contributed by atoms with E-state index in [2.05, 4.69) is 106 Å². The van der Waals surface area contributed by atoms with Gasteiger partial charge in [0.05, 0.1) is 0 Å². The number of allylic oxidation sites excluding steroid dienone is 14. The normalized spacial score (nSPS) is 12.6. The number of rotatable bonds is 63. The van der Waals surface area contributed by atoms with Crippen molar-refractivity contribution in [1.29, 1.82) is 0 Å². The van der Waals surface area contributed by atoms with Crippen LogP contribution in [-0.4, -0.2) is 37.2 Å².